The van der Waals surface area contributed by atoms with Crippen molar-refractivity contribution in [1.29, 1.82) is 0 Å². The van der Waals surface area contributed by atoms with E-state index in [1.54, 1.807) is 0 Å². The highest BCUT2D eigenvalue weighted by Gasteiger charge is 2.48. The summed E-state index contributed by atoms with van der Waals surface area (Å²) >= 11 is 0. The Kier molecular flexibility index (Phi) is 7.18. The van der Waals surface area contributed by atoms with E-state index < -0.39 is 77.4 Å². The van der Waals surface area contributed by atoms with Crippen LogP contribution in [0, 0.1) is 0 Å². The maximum absolute atomic E-state index is 15.4. The van der Waals surface area contributed by atoms with Crippen molar-refractivity contribution < 1.29 is 52.3 Å². The standard InChI is InChI=1S/C20H18F7NO5S2/c21-18(34(29,30)17-3-1-2-13(12-17)19(22,23)24)10-8-14(9-11-18)28-35(31,32)16-6-4-15(5-7-16)33-20(25,26)27/h1-7,12,14,28H,8-11H2. The minimum absolute atomic E-state index is 0.289. The smallest absolute Gasteiger partial charge is 0.406 e. The van der Waals surface area contributed by atoms with Crippen molar-refractivity contribution in [3.05, 3.63) is 54.1 Å². The zero-order valence-corrected chi connectivity index (χ0v) is 19.2. The van der Waals surface area contributed by atoms with Crippen LogP contribution in [0.15, 0.2) is 58.3 Å². The third-order valence-electron chi connectivity index (χ3n) is 5.37. The van der Waals surface area contributed by atoms with E-state index in [1.165, 1.54) is 0 Å². The second-order valence-electron chi connectivity index (χ2n) is 7.83. The fourth-order valence-electron chi connectivity index (χ4n) is 3.59. The van der Waals surface area contributed by atoms with Gasteiger partial charge in [0, 0.05) is 6.04 Å². The molecule has 0 saturated heterocycles. The van der Waals surface area contributed by atoms with Crippen molar-refractivity contribution in [2.24, 2.45) is 0 Å². The molecule has 3 rings (SSSR count). The van der Waals surface area contributed by atoms with Gasteiger partial charge in [-0.25, -0.2) is 25.9 Å². The van der Waals surface area contributed by atoms with E-state index in [-0.39, 0.29) is 12.8 Å². The van der Waals surface area contributed by atoms with Crippen LogP contribution in [-0.4, -0.2) is 34.2 Å². The summed E-state index contributed by atoms with van der Waals surface area (Å²) in [7, 11) is -9.08. The van der Waals surface area contributed by atoms with Crippen molar-refractivity contribution in [3.63, 3.8) is 0 Å². The lowest BCUT2D eigenvalue weighted by Crippen LogP contribution is -2.45. The van der Waals surface area contributed by atoms with E-state index in [1.807, 2.05) is 0 Å². The number of sulfonamides is 1. The lowest BCUT2D eigenvalue weighted by Gasteiger charge is -2.33. The molecule has 2 aromatic carbocycles. The molecule has 1 fully saturated rings. The molecule has 0 amide bonds. The third kappa shape index (κ3) is 6.25. The zero-order chi connectivity index (χ0) is 26.3. The largest absolute Gasteiger partial charge is 0.573 e. The molecule has 0 spiro atoms. The van der Waals surface area contributed by atoms with Gasteiger partial charge in [0.15, 0.2) is 0 Å². The number of sulfone groups is 1. The minimum atomic E-state index is -4.96. The second-order valence-corrected chi connectivity index (χ2v) is 11.8. The van der Waals surface area contributed by atoms with Gasteiger partial charge < -0.3 is 4.74 Å². The van der Waals surface area contributed by atoms with Gasteiger partial charge in [-0.1, -0.05) is 6.07 Å². The van der Waals surface area contributed by atoms with Gasteiger partial charge in [-0.15, -0.1) is 13.2 Å². The molecule has 0 atom stereocenters. The number of alkyl halides is 7. The number of benzene rings is 2. The van der Waals surface area contributed by atoms with Crippen LogP contribution in [0.4, 0.5) is 30.7 Å². The fraction of sp³-hybridized carbons (Fsp3) is 0.400. The van der Waals surface area contributed by atoms with E-state index in [0.29, 0.717) is 12.1 Å². The number of nitrogens with one attached hydrogen (secondary N) is 1. The van der Waals surface area contributed by atoms with E-state index in [2.05, 4.69) is 9.46 Å². The molecular weight excluding hydrogens is 531 g/mol. The lowest BCUT2D eigenvalue weighted by molar-refractivity contribution is -0.274. The Morgan fingerprint density at radius 2 is 1.43 bits per heavy atom. The van der Waals surface area contributed by atoms with Gasteiger partial charge in [0.25, 0.3) is 0 Å². The van der Waals surface area contributed by atoms with Crippen LogP contribution in [0.3, 0.4) is 0 Å². The van der Waals surface area contributed by atoms with Gasteiger partial charge in [-0.3, -0.25) is 0 Å². The summed E-state index contributed by atoms with van der Waals surface area (Å²) in [4.78, 5) is -1.24. The summed E-state index contributed by atoms with van der Waals surface area (Å²) in [5.74, 6) is -0.642. The summed E-state index contributed by atoms with van der Waals surface area (Å²) in [5.41, 5.74) is -1.25. The molecule has 1 saturated carbocycles. The monoisotopic (exact) mass is 549 g/mol. The van der Waals surface area contributed by atoms with Crippen molar-refractivity contribution in [2.45, 2.75) is 59.1 Å². The molecule has 2 aromatic rings. The van der Waals surface area contributed by atoms with E-state index in [0.717, 1.165) is 36.4 Å². The number of hydrogen-bond acceptors (Lipinski definition) is 5. The summed E-state index contributed by atoms with van der Waals surface area (Å²) in [6.45, 7) is 0. The second kappa shape index (κ2) is 9.24. The minimum Gasteiger partial charge on any atom is -0.406 e. The molecule has 35 heavy (non-hydrogen) atoms. The first kappa shape index (κ1) is 27.2. The van der Waals surface area contributed by atoms with Gasteiger partial charge in [0.1, 0.15) is 5.75 Å². The van der Waals surface area contributed by atoms with Gasteiger partial charge in [0.2, 0.25) is 24.9 Å². The molecule has 6 nitrogen and oxygen atoms in total. The topological polar surface area (TPSA) is 89.5 Å². The molecule has 15 heteroatoms. The van der Waals surface area contributed by atoms with Crippen LogP contribution in [0.2, 0.25) is 0 Å². The fourth-order valence-corrected chi connectivity index (χ4v) is 6.63. The van der Waals surface area contributed by atoms with Gasteiger partial charge in [-0.05, 0) is 68.1 Å². The quantitative estimate of drug-likeness (QED) is 0.515. The highest BCUT2D eigenvalue weighted by Crippen LogP contribution is 2.41. The molecular formula is C20H18F7NO5S2. The van der Waals surface area contributed by atoms with Crippen LogP contribution in [0.1, 0.15) is 31.2 Å². The lowest BCUT2D eigenvalue weighted by atomic mass is 9.94. The third-order valence-corrected chi connectivity index (χ3v) is 9.16. The Bertz CT molecular complexity index is 1270. The van der Waals surface area contributed by atoms with Crippen molar-refractivity contribution in [3.8, 4) is 5.75 Å². The first-order valence-electron chi connectivity index (χ1n) is 9.92. The predicted octanol–water partition coefficient (Wildman–Crippen LogP) is 4.96. The van der Waals surface area contributed by atoms with Crippen LogP contribution < -0.4 is 9.46 Å². The summed E-state index contributed by atoms with van der Waals surface area (Å²) in [6.07, 6.45) is -11.7. The van der Waals surface area contributed by atoms with E-state index in [9.17, 15) is 43.2 Å². The normalized spacial score (nSPS) is 22.1. The first-order valence-corrected chi connectivity index (χ1v) is 12.9. The number of ether oxygens (including phenoxy) is 1. The average Bonchev–Trinajstić information content (AvgIpc) is 2.74. The Hall–Kier alpha value is -2.39. The molecule has 0 unspecified atom stereocenters. The Labute approximate surface area is 196 Å². The van der Waals surface area contributed by atoms with E-state index >= 15 is 4.39 Å². The molecule has 0 aliphatic heterocycles. The van der Waals surface area contributed by atoms with Gasteiger partial charge >= 0.3 is 12.5 Å². The maximum Gasteiger partial charge on any atom is 0.573 e. The summed E-state index contributed by atoms with van der Waals surface area (Å²) < 4.78 is 147. The Morgan fingerprint density at radius 1 is 0.857 bits per heavy atom. The van der Waals surface area contributed by atoms with Crippen molar-refractivity contribution >= 4 is 19.9 Å². The van der Waals surface area contributed by atoms with E-state index in [4.69, 9.17) is 0 Å². The van der Waals surface area contributed by atoms with Crippen LogP contribution >= 0.6 is 0 Å². The van der Waals surface area contributed by atoms with Crippen molar-refractivity contribution in [2.75, 3.05) is 0 Å². The molecule has 0 radical (unpaired) electrons. The summed E-state index contributed by atoms with van der Waals surface area (Å²) in [5, 5.41) is -2.91. The molecule has 0 aromatic heterocycles. The molecule has 1 aliphatic carbocycles. The molecule has 1 aliphatic rings. The van der Waals surface area contributed by atoms with Crippen LogP contribution in [0.25, 0.3) is 0 Å². The highest BCUT2D eigenvalue weighted by molar-refractivity contribution is 7.92. The van der Waals surface area contributed by atoms with Gasteiger partial charge in [-0.2, -0.15) is 13.2 Å². The summed E-state index contributed by atoms with van der Waals surface area (Å²) in [6, 6.07) is 5.10. The number of halogens is 7. The molecule has 1 N–H and O–H groups in total. The highest BCUT2D eigenvalue weighted by atomic mass is 32.2. The number of hydrogen-bond donors (Lipinski definition) is 1. The first-order chi connectivity index (χ1) is 15.9. The number of rotatable bonds is 6. The average molecular weight is 549 g/mol. The SMILES string of the molecule is O=S(=O)(NC1CCC(F)(S(=O)(=O)c2cccc(C(F)(F)F)c2)CC1)c1ccc(OC(F)(F)F)cc1. The molecule has 0 bridgehead atoms. The Balaban J connectivity index is 1.70. The predicted molar refractivity (Wildman–Crippen MR) is 108 cm³/mol. The zero-order valence-electron chi connectivity index (χ0n) is 17.5. The van der Waals surface area contributed by atoms with Crippen LogP contribution in [0.5, 0.6) is 5.75 Å². The Morgan fingerprint density at radius 3 is 1.94 bits per heavy atom. The van der Waals surface area contributed by atoms with Gasteiger partial charge in [0.05, 0.1) is 15.4 Å². The van der Waals surface area contributed by atoms with Crippen molar-refractivity contribution in [1.82, 2.24) is 4.72 Å². The molecule has 0 heterocycles. The maximum atomic E-state index is 15.4. The molecule has 194 valence electrons. The van der Waals surface area contributed by atoms with Crippen LogP contribution in [-0.2, 0) is 26.0 Å².